The maximum absolute atomic E-state index is 5.82. The molecule has 0 saturated heterocycles. The van der Waals surface area contributed by atoms with Crippen LogP contribution in [0, 0.1) is 6.92 Å². The molecular weight excluding hydrogens is 214 g/mol. The molecule has 0 aromatic heterocycles. The van der Waals surface area contributed by atoms with Gasteiger partial charge in [0.2, 0.25) is 0 Å². The number of methoxy groups -OCH3 is 1. The second kappa shape index (κ2) is 4.78. The van der Waals surface area contributed by atoms with Crippen molar-refractivity contribution in [2.24, 2.45) is 0 Å². The average molecular weight is 229 g/mol. The number of rotatable bonds is 3. The number of ether oxygens (including phenoxy) is 2. The van der Waals surface area contributed by atoms with E-state index < -0.39 is 0 Å². The van der Waals surface area contributed by atoms with Gasteiger partial charge in [0, 0.05) is 0 Å². The van der Waals surface area contributed by atoms with E-state index in [1.54, 1.807) is 13.2 Å². The largest absolute Gasteiger partial charge is 0.493 e. The summed E-state index contributed by atoms with van der Waals surface area (Å²) in [5.74, 6) is 2.00. The van der Waals surface area contributed by atoms with Crippen molar-refractivity contribution in [3.8, 4) is 17.2 Å². The minimum Gasteiger partial charge on any atom is -0.493 e. The third-order valence-corrected chi connectivity index (χ3v) is 2.46. The van der Waals surface area contributed by atoms with Crippen LogP contribution in [-0.2, 0) is 0 Å². The van der Waals surface area contributed by atoms with Gasteiger partial charge >= 0.3 is 0 Å². The van der Waals surface area contributed by atoms with Crippen LogP contribution in [0.2, 0.25) is 0 Å². The van der Waals surface area contributed by atoms with Crippen molar-refractivity contribution in [3.05, 3.63) is 48.0 Å². The standard InChI is InChI=1S/C14H15NO2/c1-10-7-8-13(14(9-10)16-2)17-12-6-4-3-5-11(12)15/h3-9H,15H2,1-2H3. The highest BCUT2D eigenvalue weighted by Crippen LogP contribution is 2.34. The summed E-state index contributed by atoms with van der Waals surface area (Å²) >= 11 is 0. The first-order chi connectivity index (χ1) is 8.20. The minimum atomic E-state index is 0.607. The summed E-state index contributed by atoms with van der Waals surface area (Å²) in [5, 5.41) is 0. The molecule has 88 valence electrons. The summed E-state index contributed by atoms with van der Waals surface area (Å²) in [4.78, 5) is 0. The Morgan fingerprint density at radius 2 is 1.71 bits per heavy atom. The van der Waals surface area contributed by atoms with Crippen LogP contribution in [0.25, 0.3) is 0 Å². The summed E-state index contributed by atoms with van der Waals surface area (Å²) < 4.78 is 11.0. The van der Waals surface area contributed by atoms with Gasteiger partial charge in [0.1, 0.15) is 0 Å². The van der Waals surface area contributed by atoms with E-state index in [0.717, 1.165) is 5.56 Å². The minimum absolute atomic E-state index is 0.607. The molecule has 0 saturated carbocycles. The van der Waals surface area contributed by atoms with Gasteiger partial charge in [-0.15, -0.1) is 0 Å². The summed E-state index contributed by atoms with van der Waals surface area (Å²) in [5.41, 5.74) is 7.55. The van der Waals surface area contributed by atoms with Gasteiger partial charge in [-0.1, -0.05) is 18.2 Å². The topological polar surface area (TPSA) is 44.5 Å². The van der Waals surface area contributed by atoms with Gasteiger partial charge < -0.3 is 15.2 Å². The second-order valence-corrected chi connectivity index (χ2v) is 3.79. The molecule has 2 aromatic carbocycles. The molecular formula is C14H15NO2. The third-order valence-electron chi connectivity index (χ3n) is 2.46. The third kappa shape index (κ3) is 2.50. The van der Waals surface area contributed by atoms with Crippen LogP contribution in [0.15, 0.2) is 42.5 Å². The SMILES string of the molecule is COc1cc(C)ccc1Oc1ccccc1N. The van der Waals surface area contributed by atoms with Crippen LogP contribution in [0.3, 0.4) is 0 Å². The zero-order valence-electron chi connectivity index (χ0n) is 9.94. The van der Waals surface area contributed by atoms with Crippen molar-refractivity contribution in [1.82, 2.24) is 0 Å². The molecule has 0 radical (unpaired) electrons. The smallest absolute Gasteiger partial charge is 0.169 e. The molecule has 2 N–H and O–H groups in total. The lowest BCUT2D eigenvalue weighted by Crippen LogP contribution is -1.94. The molecule has 0 atom stereocenters. The predicted molar refractivity (Wildman–Crippen MR) is 68.7 cm³/mol. The Morgan fingerprint density at radius 3 is 2.41 bits per heavy atom. The zero-order chi connectivity index (χ0) is 12.3. The fourth-order valence-corrected chi connectivity index (χ4v) is 1.55. The molecule has 3 heteroatoms. The van der Waals surface area contributed by atoms with Crippen LogP contribution >= 0.6 is 0 Å². The van der Waals surface area contributed by atoms with E-state index in [1.165, 1.54) is 0 Å². The molecule has 0 amide bonds. The molecule has 0 unspecified atom stereocenters. The molecule has 0 fully saturated rings. The molecule has 0 aliphatic rings. The van der Waals surface area contributed by atoms with Gasteiger partial charge in [0.15, 0.2) is 17.2 Å². The second-order valence-electron chi connectivity index (χ2n) is 3.79. The van der Waals surface area contributed by atoms with Crippen molar-refractivity contribution in [3.63, 3.8) is 0 Å². The number of para-hydroxylation sites is 2. The molecule has 0 aliphatic heterocycles. The van der Waals surface area contributed by atoms with Crippen molar-refractivity contribution in [2.45, 2.75) is 6.92 Å². The fraction of sp³-hybridized carbons (Fsp3) is 0.143. The quantitative estimate of drug-likeness (QED) is 0.820. The lowest BCUT2D eigenvalue weighted by atomic mass is 10.2. The highest BCUT2D eigenvalue weighted by Gasteiger charge is 2.07. The fourth-order valence-electron chi connectivity index (χ4n) is 1.55. The molecule has 0 bridgehead atoms. The first-order valence-corrected chi connectivity index (χ1v) is 5.37. The number of benzene rings is 2. The average Bonchev–Trinajstić information content (AvgIpc) is 2.34. The highest BCUT2D eigenvalue weighted by molar-refractivity contribution is 5.55. The maximum Gasteiger partial charge on any atom is 0.169 e. The zero-order valence-corrected chi connectivity index (χ0v) is 9.94. The molecule has 17 heavy (non-hydrogen) atoms. The molecule has 2 rings (SSSR count). The Hall–Kier alpha value is -2.16. The van der Waals surface area contributed by atoms with Crippen LogP contribution in [0.1, 0.15) is 5.56 Å². The first-order valence-electron chi connectivity index (χ1n) is 5.37. The number of aryl methyl sites for hydroxylation is 1. The van der Waals surface area contributed by atoms with Crippen LogP contribution in [-0.4, -0.2) is 7.11 Å². The van der Waals surface area contributed by atoms with Crippen molar-refractivity contribution in [1.29, 1.82) is 0 Å². The van der Waals surface area contributed by atoms with Gasteiger partial charge in [-0.3, -0.25) is 0 Å². The Balaban J connectivity index is 2.33. The van der Waals surface area contributed by atoms with Crippen LogP contribution in [0.4, 0.5) is 5.69 Å². The first kappa shape index (κ1) is 11.3. The van der Waals surface area contributed by atoms with E-state index in [0.29, 0.717) is 22.9 Å². The van der Waals surface area contributed by atoms with Crippen LogP contribution < -0.4 is 15.2 Å². The van der Waals surface area contributed by atoms with E-state index in [9.17, 15) is 0 Å². The van der Waals surface area contributed by atoms with E-state index in [4.69, 9.17) is 15.2 Å². The van der Waals surface area contributed by atoms with Crippen molar-refractivity contribution >= 4 is 5.69 Å². The monoisotopic (exact) mass is 229 g/mol. The van der Waals surface area contributed by atoms with Gasteiger partial charge in [-0.05, 0) is 36.8 Å². The van der Waals surface area contributed by atoms with E-state index in [1.807, 2.05) is 43.3 Å². The lowest BCUT2D eigenvalue weighted by Gasteiger charge is -2.12. The lowest BCUT2D eigenvalue weighted by molar-refractivity contribution is 0.379. The summed E-state index contributed by atoms with van der Waals surface area (Å²) in [6, 6.07) is 13.2. The Kier molecular flexibility index (Phi) is 3.19. The number of anilines is 1. The predicted octanol–water partition coefficient (Wildman–Crippen LogP) is 3.38. The number of nitrogens with two attached hydrogens (primary N) is 1. The van der Waals surface area contributed by atoms with Gasteiger partial charge in [-0.2, -0.15) is 0 Å². The molecule has 3 nitrogen and oxygen atoms in total. The summed E-state index contributed by atoms with van der Waals surface area (Å²) in [7, 11) is 1.62. The Labute approximate surface area is 101 Å². The van der Waals surface area contributed by atoms with Crippen molar-refractivity contribution in [2.75, 3.05) is 12.8 Å². The summed E-state index contributed by atoms with van der Waals surface area (Å²) in [6.07, 6.45) is 0. The van der Waals surface area contributed by atoms with E-state index in [2.05, 4.69) is 0 Å². The number of nitrogen functional groups attached to an aromatic ring is 1. The van der Waals surface area contributed by atoms with Gasteiger partial charge in [0.25, 0.3) is 0 Å². The highest BCUT2D eigenvalue weighted by atomic mass is 16.5. The molecule has 2 aromatic rings. The van der Waals surface area contributed by atoms with E-state index in [-0.39, 0.29) is 0 Å². The van der Waals surface area contributed by atoms with Crippen molar-refractivity contribution < 1.29 is 9.47 Å². The summed E-state index contributed by atoms with van der Waals surface area (Å²) in [6.45, 7) is 2.00. The Bertz CT molecular complexity index is 523. The Morgan fingerprint density at radius 1 is 0.941 bits per heavy atom. The number of hydrogen-bond acceptors (Lipinski definition) is 3. The van der Waals surface area contributed by atoms with Gasteiger partial charge in [-0.25, -0.2) is 0 Å². The maximum atomic E-state index is 5.82. The molecule has 0 aliphatic carbocycles. The number of hydrogen-bond donors (Lipinski definition) is 1. The molecule has 0 heterocycles. The van der Waals surface area contributed by atoms with Gasteiger partial charge in [0.05, 0.1) is 12.8 Å². The molecule has 0 spiro atoms. The van der Waals surface area contributed by atoms with Crippen LogP contribution in [0.5, 0.6) is 17.2 Å². The van der Waals surface area contributed by atoms with E-state index >= 15 is 0 Å². The normalized spacial score (nSPS) is 10.0.